The third-order valence-electron chi connectivity index (χ3n) is 2.69. The van der Waals surface area contributed by atoms with Gasteiger partial charge < -0.3 is 10.1 Å². The topological polar surface area (TPSA) is 47.0 Å². The van der Waals surface area contributed by atoms with Gasteiger partial charge in [-0.15, -0.1) is 0 Å². The lowest BCUT2D eigenvalue weighted by atomic mass is 10.1. The molecule has 106 valence electrons. The molecule has 0 fully saturated rings. The molecular formula is C13H12Cl3N3O. The third kappa shape index (κ3) is 3.45. The van der Waals surface area contributed by atoms with Crippen molar-refractivity contribution in [1.29, 1.82) is 0 Å². The second kappa shape index (κ2) is 6.48. The highest BCUT2D eigenvalue weighted by atomic mass is 35.5. The Bertz CT molecular complexity index is 622. The van der Waals surface area contributed by atoms with E-state index in [1.807, 2.05) is 13.0 Å². The first-order chi connectivity index (χ1) is 9.51. The number of anilines is 1. The number of hydrogen-bond acceptors (Lipinski definition) is 4. The molecule has 1 heterocycles. The Morgan fingerprint density at radius 1 is 1.20 bits per heavy atom. The summed E-state index contributed by atoms with van der Waals surface area (Å²) in [7, 11) is 1.49. The molecule has 0 radical (unpaired) electrons. The Labute approximate surface area is 132 Å². The monoisotopic (exact) mass is 331 g/mol. The highest BCUT2D eigenvalue weighted by molar-refractivity contribution is 6.35. The number of nitrogens with zero attached hydrogens (tertiary/aromatic N) is 2. The van der Waals surface area contributed by atoms with Crippen LogP contribution in [-0.4, -0.2) is 17.1 Å². The lowest BCUT2D eigenvalue weighted by Crippen LogP contribution is -2.09. The molecule has 0 saturated carbocycles. The molecule has 0 saturated heterocycles. The fraction of sp³-hybridized carbons (Fsp3) is 0.231. The number of rotatable bonds is 4. The van der Waals surface area contributed by atoms with Gasteiger partial charge in [0.2, 0.25) is 0 Å². The quantitative estimate of drug-likeness (QED) is 0.887. The van der Waals surface area contributed by atoms with Crippen LogP contribution in [0.1, 0.15) is 18.5 Å². The van der Waals surface area contributed by atoms with Crippen LogP contribution < -0.4 is 10.1 Å². The summed E-state index contributed by atoms with van der Waals surface area (Å²) >= 11 is 18.1. The first kappa shape index (κ1) is 15.2. The van der Waals surface area contributed by atoms with E-state index in [1.165, 1.54) is 13.3 Å². The first-order valence-corrected chi connectivity index (χ1v) is 6.92. The van der Waals surface area contributed by atoms with Crippen molar-refractivity contribution >= 4 is 40.6 Å². The number of halogens is 3. The molecule has 20 heavy (non-hydrogen) atoms. The van der Waals surface area contributed by atoms with Gasteiger partial charge in [0.1, 0.15) is 5.02 Å². The highest BCUT2D eigenvalue weighted by Gasteiger charge is 2.13. The van der Waals surface area contributed by atoms with Crippen molar-refractivity contribution in [3.63, 3.8) is 0 Å². The van der Waals surface area contributed by atoms with Crippen molar-refractivity contribution in [2.45, 2.75) is 13.0 Å². The highest BCUT2D eigenvalue weighted by Crippen LogP contribution is 2.30. The summed E-state index contributed by atoms with van der Waals surface area (Å²) in [5.74, 6) is 0.483. The maximum Gasteiger partial charge on any atom is 0.318 e. The number of hydrogen-bond donors (Lipinski definition) is 1. The van der Waals surface area contributed by atoms with Crippen LogP contribution in [0.4, 0.5) is 5.82 Å². The predicted molar refractivity (Wildman–Crippen MR) is 82.1 cm³/mol. The third-order valence-corrected chi connectivity index (χ3v) is 3.53. The van der Waals surface area contributed by atoms with Gasteiger partial charge in [-0.25, -0.2) is 4.98 Å². The lowest BCUT2D eigenvalue weighted by molar-refractivity contribution is 0.380. The van der Waals surface area contributed by atoms with Gasteiger partial charge in [-0.05, 0) is 24.6 Å². The van der Waals surface area contributed by atoms with Crippen molar-refractivity contribution in [2.24, 2.45) is 0 Å². The van der Waals surface area contributed by atoms with E-state index in [9.17, 15) is 0 Å². The summed E-state index contributed by atoms with van der Waals surface area (Å²) in [5, 5.41) is 4.75. The molecule has 2 aromatic rings. The van der Waals surface area contributed by atoms with Gasteiger partial charge in [-0.1, -0.05) is 40.9 Å². The summed E-state index contributed by atoms with van der Waals surface area (Å²) in [5.41, 5.74) is 0.893. The van der Waals surface area contributed by atoms with Crippen molar-refractivity contribution in [1.82, 2.24) is 9.97 Å². The van der Waals surface area contributed by atoms with Gasteiger partial charge in [0.15, 0.2) is 5.82 Å². The van der Waals surface area contributed by atoms with Gasteiger partial charge in [0.05, 0.1) is 19.3 Å². The van der Waals surface area contributed by atoms with Gasteiger partial charge in [0.25, 0.3) is 0 Å². The van der Waals surface area contributed by atoms with E-state index in [4.69, 9.17) is 39.5 Å². The van der Waals surface area contributed by atoms with Crippen molar-refractivity contribution in [2.75, 3.05) is 12.4 Å². The Balaban J connectivity index is 2.25. The summed E-state index contributed by atoms with van der Waals surface area (Å²) in [6, 6.07) is 5.47. The van der Waals surface area contributed by atoms with Crippen molar-refractivity contribution in [3.05, 3.63) is 45.0 Å². The Hall–Kier alpha value is -1.23. The molecule has 1 atom stereocenters. The first-order valence-electron chi connectivity index (χ1n) is 5.79. The van der Waals surface area contributed by atoms with E-state index >= 15 is 0 Å². The van der Waals surface area contributed by atoms with Crippen LogP contribution in [0.5, 0.6) is 6.01 Å². The van der Waals surface area contributed by atoms with Crippen molar-refractivity contribution in [3.8, 4) is 6.01 Å². The summed E-state index contributed by atoms with van der Waals surface area (Å²) in [6.07, 6.45) is 1.48. The molecule has 1 aromatic heterocycles. The van der Waals surface area contributed by atoms with Crippen LogP contribution in [0.3, 0.4) is 0 Å². The Morgan fingerprint density at radius 3 is 2.60 bits per heavy atom. The number of aromatic nitrogens is 2. The van der Waals surface area contributed by atoms with Crippen LogP contribution in [0.2, 0.25) is 15.1 Å². The molecule has 0 amide bonds. The van der Waals surface area contributed by atoms with Gasteiger partial charge in [-0.3, -0.25) is 0 Å². The molecule has 0 spiro atoms. The molecule has 1 aromatic carbocycles. The fourth-order valence-electron chi connectivity index (χ4n) is 1.69. The molecule has 0 aliphatic carbocycles. The van der Waals surface area contributed by atoms with Gasteiger partial charge in [-0.2, -0.15) is 4.98 Å². The summed E-state index contributed by atoms with van der Waals surface area (Å²) in [6.45, 7) is 1.94. The van der Waals surface area contributed by atoms with E-state index in [2.05, 4.69) is 15.3 Å². The van der Waals surface area contributed by atoms with E-state index in [1.54, 1.807) is 12.1 Å². The molecule has 2 rings (SSSR count). The lowest BCUT2D eigenvalue weighted by Gasteiger charge is -2.17. The molecule has 7 heteroatoms. The second-order valence-corrected chi connectivity index (χ2v) is 5.34. The van der Waals surface area contributed by atoms with E-state index in [0.717, 1.165) is 5.56 Å². The molecule has 0 aliphatic rings. The number of methoxy groups -OCH3 is 1. The maximum absolute atomic E-state index is 6.17. The zero-order valence-corrected chi connectivity index (χ0v) is 13.1. The largest absolute Gasteiger partial charge is 0.467 e. The minimum atomic E-state index is -0.100. The Kier molecular flexibility index (Phi) is 4.91. The van der Waals surface area contributed by atoms with Crippen LogP contribution in [-0.2, 0) is 0 Å². The molecule has 4 nitrogen and oxygen atoms in total. The molecule has 1 N–H and O–H groups in total. The zero-order valence-electron chi connectivity index (χ0n) is 10.8. The molecular weight excluding hydrogens is 321 g/mol. The Morgan fingerprint density at radius 2 is 1.95 bits per heavy atom. The van der Waals surface area contributed by atoms with Crippen LogP contribution >= 0.6 is 34.8 Å². The molecule has 1 unspecified atom stereocenters. The SMILES string of the molecule is COc1ncc(Cl)c(NC(C)c2ccc(Cl)cc2Cl)n1. The standard InChI is InChI=1S/C13H12Cl3N3O/c1-7(9-4-3-8(14)5-10(9)15)18-12-11(16)6-17-13(19-12)20-2/h3-7H,1-2H3,(H,17,18,19). The molecule has 0 aliphatic heterocycles. The zero-order chi connectivity index (χ0) is 14.7. The van der Waals surface area contributed by atoms with Crippen LogP contribution in [0, 0.1) is 0 Å². The van der Waals surface area contributed by atoms with Crippen molar-refractivity contribution < 1.29 is 4.74 Å². The second-order valence-electron chi connectivity index (χ2n) is 4.09. The smallest absolute Gasteiger partial charge is 0.318 e. The molecule has 0 bridgehead atoms. The predicted octanol–water partition coefficient (Wildman–Crippen LogP) is 4.62. The average Bonchev–Trinajstić information content (AvgIpc) is 2.41. The maximum atomic E-state index is 6.17. The van der Waals surface area contributed by atoms with Crippen LogP contribution in [0.25, 0.3) is 0 Å². The van der Waals surface area contributed by atoms with E-state index in [-0.39, 0.29) is 12.1 Å². The number of nitrogens with one attached hydrogen (secondary N) is 1. The normalized spacial score (nSPS) is 12.1. The van der Waals surface area contributed by atoms with E-state index < -0.39 is 0 Å². The van der Waals surface area contributed by atoms with Crippen LogP contribution in [0.15, 0.2) is 24.4 Å². The minimum absolute atomic E-state index is 0.100. The summed E-state index contributed by atoms with van der Waals surface area (Å²) in [4.78, 5) is 8.08. The average molecular weight is 333 g/mol. The minimum Gasteiger partial charge on any atom is -0.467 e. The fourth-order valence-corrected chi connectivity index (χ4v) is 2.40. The summed E-state index contributed by atoms with van der Waals surface area (Å²) < 4.78 is 4.97. The van der Waals surface area contributed by atoms with Gasteiger partial charge in [0, 0.05) is 10.0 Å². The number of ether oxygens (including phenoxy) is 1. The van der Waals surface area contributed by atoms with E-state index in [0.29, 0.717) is 20.9 Å². The number of benzene rings is 1. The van der Waals surface area contributed by atoms with Gasteiger partial charge >= 0.3 is 6.01 Å².